The van der Waals surface area contributed by atoms with E-state index in [-0.39, 0.29) is 23.8 Å². The molecule has 0 spiro atoms. The van der Waals surface area contributed by atoms with Gasteiger partial charge in [0.25, 0.3) is 0 Å². The Morgan fingerprint density at radius 1 is 1.12 bits per heavy atom. The van der Waals surface area contributed by atoms with Crippen LogP contribution in [0.4, 0.5) is 9.18 Å². The van der Waals surface area contributed by atoms with E-state index in [1.165, 1.54) is 12.1 Å². The van der Waals surface area contributed by atoms with Crippen LogP contribution < -0.4 is 0 Å². The molecule has 7 heteroatoms. The first-order valence-electron chi connectivity index (χ1n) is 8.69. The van der Waals surface area contributed by atoms with E-state index in [1.807, 2.05) is 9.80 Å². The second-order valence-electron chi connectivity index (χ2n) is 6.89. The van der Waals surface area contributed by atoms with Crippen LogP contribution in [0.25, 0.3) is 0 Å². The van der Waals surface area contributed by atoms with Crippen LogP contribution in [0.2, 0.25) is 0 Å². The van der Waals surface area contributed by atoms with E-state index in [1.54, 1.807) is 31.1 Å². The van der Waals surface area contributed by atoms with E-state index in [2.05, 4.69) is 4.90 Å². The van der Waals surface area contributed by atoms with Gasteiger partial charge >= 0.3 is 6.03 Å². The maximum Gasteiger partial charge on any atom is 0.319 e. The molecule has 2 aliphatic rings. The number of hydrogen-bond donors (Lipinski definition) is 0. The van der Waals surface area contributed by atoms with Crippen molar-refractivity contribution >= 4 is 11.9 Å². The first-order valence-corrected chi connectivity index (χ1v) is 8.69. The van der Waals surface area contributed by atoms with Gasteiger partial charge < -0.3 is 14.7 Å². The summed E-state index contributed by atoms with van der Waals surface area (Å²) in [7, 11) is 3.49. The summed E-state index contributed by atoms with van der Waals surface area (Å²) in [5.41, 5.74) is 0.932. The van der Waals surface area contributed by atoms with Gasteiger partial charge in [0.15, 0.2) is 0 Å². The highest BCUT2D eigenvalue weighted by Crippen LogP contribution is 2.20. The minimum absolute atomic E-state index is 0.00420. The van der Waals surface area contributed by atoms with Crippen LogP contribution in [-0.4, -0.2) is 84.4 Å². The van der Waals surface area contributed by atoms with Gasteiger partial charge in [-0.15, -0.1) is 0 Å². The SMILES string of the molecule is CN(C)C(=O)N1CCC2C(=O)N(Cc3ccc(F)cc3)CCN2CC1. The highest BCUT2D eigenvalue weighted by atomic mass is 19.1. The van der Waals surface area contributed by atoms with Gasteiger partial charge in [0.05, 0.1) is 6.04 Å². The molecule has 0 radical (unpaired) electrons. The van der Waals surface area contributed by atoms with Crippen LogP contribution in [0.1, 0.15) is 12.0 Å². The Balaban J connectivity index is 1.65. The number of carbonyl (C=O) groups is 2. The molecule has 0 aromatic heterocycles. The topological polar surface area (TPSA) is 47.1 Å². The van der Waals surface area contributed by atoms with Crippen molar-refractivity contribution in [3.05, 3.63) is 35.6 Å². The normalized spacial score (nSPS) is 21.7. The van der Waals surface area contributed by atoms with Gasteiger partial charge in [-0.05, 0) is 24.1 Å². The highest BCUT2D eigenvalue weighted by Gasteiger charge is 2.37. The van der Waals surface area contributed by atoms with Gasteiger partial charge in [-0.25, -0.2) is 9.18 Å². The van der Waals surface area contributed by atoms with E-state index in [0.717, 1.165) is 18.7 Å². The molecule has 2 aliphatic heterocycles. The van der Waals surface area contributed by atoms with E-state index < -0.39 is 0 Å². The number of nitrogens with zero attached hydrogens (tertiary/aromatic N) is 4. The summed E-state index contributed by atoms with van der Waals surface area (Å²) in [5.74, 6) is -0.163. The molecule has 1 unspecified atom stereocenters. The number of rotatable bonds is 2. The zero-order valence-corrected chi connectivity index (χ0v) is 14.8. The van der Waals surface area contributed by atoms with Crippen molar-refractivity contribution in [1.29, 1.82) is 0 Å². The summed E-state index contributed by atoms with van der Waals surface area (Å²) in [6.45, 7) is 3.94. The minimum atomic E-state index is -0.269. The summed E-state index contributed by atoms with van der Waals surface area (Å²) >= 11 is 0. The number of halogens is 1. The Hall–Kier alpha value is -2.15. The molecule has 6 nitrogen and oxygen atoms in total. The molecule has 2 heterocycles. The lowest BCUT2D eigenvalue weighted by atomic mass is 10.1. The first-order chi connectivity index (χ1) is 12.0. The van der Waals surface area contributed by atoms with E-state index in [0.29, 0.717) is 32.6 Å². The first kappa shape index (κ1) is 17.7. The zero-order valence-electron chi connectivity index (χ0n) is 14.8. The third-order valence-electron chi connectivity index (χ3n) is 4.96. The lowest BCUT2D eigenvalue weighted by Crippen LogP contribution is -2.56. The van der Waals surface area contributed by atoms with Gasteiger partial charge in [0, 0.05) is 53.4 Å². The predicted molar refractivity (Wildman–Crippen MR) is 92.5 cm³/mol. The molecule has 1 aromatic rings. The van der Waals surface area contributed by atoms with E-state index >= 15 is 0 Å². The standard InChI is InChI=1S/C18H25FN4O2/c1-20(2)18(25)22-8-7-16-17(24)23(12-10-21(16)9-11-22)13-14-3-5-15(19)6-4-14/h3-6,16H,7-13H2,1-2H3. The Morgan fingerprint density at radius 3 is 2.48 bits per heavy atom. The lowest BCUT2D eigenvalue weighted by molar-refractivity contribution is -0.142. The molecular weight excluding hydrogens is 323 g/mol. The summed E-state index contributed by atoms with van der Waals surface area (Å²) in [5, 5.41) is 0. The summed E-state index contributed by atoms with van der Waals surface area (Å²) in [6.07, 6.45) is 0.651. The number of piperazine rings is 1. The average molecular weight is 348 g/mol. The molecule has 0 bridgehead atoms. The monoisotopic (exact) mass is 348 g/mol. The van der Waals surface area contributed by atoms with Crippen LogP contribution in [0.5, 0.6) is 0 Å². The molecule has 2 saturated heterocycles. The summed E-state index contributed by atoms with van der Waals surface area (Å²) in [4.78, 5) is 32.5. The number of hydrogen-bond acceptors (Lipinski definition) is 3. The Labute approximate surface area is 147 Å². The Kier molecular flexibility index (Phi) is 5.22. The largest absolute Gasteiger partial charge is 0.336 e. The van der Waals surface area contributed by atoms with Gasteiger partial charge in [-0.3, -0.25) is 9.69 Å². The molecule has 0 saturated carbocycles. The van der Waals surface area contributed by atoms with Gasteiger partial charge in [0.1, 0.15) is 5.82 Å². The number of urea groups is 1. The molecule has 3 rings (SSSR count). The number of amides is 3. The average Bonchev–Trinajstić information content (AvgIpc) is 2.81. The summed E-state index contributed by atoms with van der Waals surface area (Å²) < 4.78 is 13.0. The third kappa shape index (κ3) is 3.92. The highest BCUT2D eigenvalue weighted by molar-refractivity contribution is 5.83. The molecule has 0 aliphatic carbocycles. The van der Waals surface area contributed by atoms with Crippen molar-refractivity contribution in [1.82, 2.24) is 19.6 Å². The van der Waals surface area contributed by atoms with Crippen molar-refractivity contribution in [3.63, 3.8) is 0 Å². The molecule has 25 heavy (non-hydrogen) atoms. The smallest absolute Gasteiger partial charge is 0.319 e. The minimum Gasteiger partial charge on any atom is -0.336 e. The number of fused-ring (bicyclic) bond motifs is 1. The molecule has 3 amide bonds. The number of carbonyl (C=O) groups excluding carboxylic acids is 2. The van der Waals surface area contributed by atoms with Crippen LogP contribution in [0.3, 0.4) is 0 Å². The van der Waals surface area contributed by atoms with Gasteiger partial charge in [0.2, 0.25) is 5.91 Å². The third-order valence-corrected chi connectivity index (χ3v) is 4.96. The fraction of sp³-hybridized carbons (Fsp3) is 0.556. The van der Waals surface area contributed by atoms with Crippen molar-refractivity contribution in [2.45, 2.75) is 19.0 Å². The van der Waals surface area contributed by atoms with Crippen LogP contribution in [-0.2, 0) is 11.3 Å². The molecular formula is C18H25FN4O2. The Morgan fingerprint density at radius 2 is 1.80 bits per heavy atom. The van der Waals surface area contributed by atoms with Crippen LogP contribution >= 0.6 is 0 Å². The van der Waals surface area contributed by atoms with Crippen molar-refractivity contribution in [2.75, 3.05) is 46.8 Å². The summed E-state index contributed by atoms with van der Waals surface area (Å²) in [6, 6.07) is 6.11. The maximum absolute atomic E-state index is 13.0. The lowest BCUT2D eigenvalue weighted by Gasteiger charge is -2.39. The van der Waals surface area contributed by atoms with Crippen LogP contribution in [0.15, 0.2) is 24.3 Å². The van der Waals surface area contributed by atoms with Gasteiger partial charge in [-0.1, -0.05) is 12.1 Å². The second kappa shape index (κ2) is 7.39. The van der Waals surface area contributed by atoms with Crippen molar-refractivity contribution in [3.8, 4) is 0 Å². The van der Waals surface area contributed by atoms with Crippen molar-refractivity contribution < 1.29 is 14.0 Å². The second-order valence-corrected chi connectivity index (χ2v) is 6.89. The predicted octanol–water partition coefficient (Wildman–Crippen LogP) is 1.23. The van der Waals surface area contributed by atoms with Crippen molar-refractivity contribution in [2.24, 2.45) is 0 Å². The van der Waals surface area contributed by atoms with Gasteiger partial charge in [-0.2, -0.15) is 0 Å². The van der Waals surface area contributed by atoms with E-state index in [9.17, 15) is 14.0 Å². The Bertz CT molecular complexity index is 634. The molecule has 2 fully saturated rings. The zero-order chi connectivity index (χ0) is 18.0. The number of benzene rings is 1. The molecule has 0 N–H and O–H groups in total. The molecule has 1 aromatic carbocycles. The molecule has 1 atom stereocenters. The van der Waals surface area contributed by atoms with E-state index in [4.69, 9.17) is 0 Å². The fourth-order valence-corrected chi connectivity index (χ4v) is 3.54. The maximum atomic E-state index is 13.0. The quantitative estimate of drug-likeness (QED) is 0.808. The molecule has 136 valence electrons. The van der Waals surface area contributed by atoms with Crippen LogP contribution in [0, 0.1) is 5.82 Å². The fourth-order valence-electron chi connectivity index (χ4n) is 3.54.